The third-order valence-corrected chi connectivity index (χ3v) is 5.40. The van der Waals surface area contributed by atoms with E-state index < -0.39 is 8.07 Å². The van der Waals surface area contributed by atoms with Crippen molar-refractivity contribution in [2.75, 3.05) is 6.61 Å². The van der Waals surface area contributed by atoms with Crippen LogP contribution in [0.15, 0.2) is 11.8 Å². The number of rotatable bonds is 11. The summed E-state index contributed by atoms with van der Waals surface area (Å²) < 4.78 is 5.27. The lowest BCUT2D eigenvalue weighted by atomic mass is 10.1. The van der Waals surface area contributed by atoms with E-state index in [2.05, 4.69) is 33.1 Å². The van der Waals surface area contributed by atoms with Gasteiger partial charge < -0.3 is 4.74 Å². The van der Waals surface area contributed by atoms with Crippen molar-refractivity contribution in [3.05, 3.63) is 11.8 Å². The van der Waals surface area contributed by atoms with Crippen molar-refractivity contribution in [3.8, 4) is 0 Å². The molecule has 0 amide bonds. The van der Waals surface area contributed by atoms with Crippen LogP contribution in [0.5, 0.6) is 0 Å². The van der Waals surface area contributed by atoms with Crippen molar-refractivity contribution in [3.63, 3.8) is 0 Å². The Labute approximate surface area is 120 Å². The third-order valence-electron chi connectivity index (χ3n) is 3.38. The fourth-order valence-corrected chi connectivity index (χ4v) is 2.48. The molecule has 19 heavy (non-hydrogen) atoms. The fraction of sp³-hybridized carbons (Fsp3) is 0.812. The van der Waals surface area contributed by atoms with E-state index in [-0.39, 0.29) is 5.97 Å². The zero-order chi connectivity index (χ0) is 14.7. The number of carbonyl (C=O) groups excluding carboxylic acids is 1. The summed E-state index contributed by atoms with van der Waals surface area (Å²) in [6.07, 6.45) is 10.1. The second-order valence-corrected chi connectivity index (χ2v) is 11.4. The molecule has 0 unspecified atom stereocenters. The van der Waals surface area contributed by atoms with Crippen LogP contribution in [0.2, 0.25) is 19.6 Å². The standard InChI is InChI=1S/C16H32O2Si/c1-6-7-8-9-10-11-12-13-14-18-16(17)15(2)19(3,4)5/h2,6-14H2,1,3-5H3. The van der Waals surface area contributed by atoms with E-state index in [1.54, 1.807) is 0 Å². The molecule has 0 aliphatic rings. The average Bonchev–Trinajstić information content (AvgIpc) is 2.34. The molecule has 0 saturated carbocycles. The van der Waals surface area contributed by atoms with Crippen molar-refractivity contribution in [2.24, 2.45) is 0 Å². The summed E-state index contributed by atoms with van der Waals surface area (Å²) >= 11 is 0. The summed E-state index contributed by atoms with van der Waals surface area (Å²) in [7, 11) is -1.59. The van der Waals surface area contributed by atoms with Crippen LogP contribution in [0.25, 0.3) is 0 Å². The molecular formula is C16H32O2Si. The van der Waals surface area contributed by atoms with Crippen molar-refractivity contribution >= 4 is 14.0 Å². The molecule has 0 radical (unpaired) electrons. The maximum Gasteiger partial charge on any atom is 0.329 e. The molecule has 3 heteroatoms. The summed E-state index contributed by atoms with van der Waals surface area (Å²) in [5.41, 5.74) is 0. The van der Waals surface area contributed by atoms with Crippen molar-refractivity contribution < 1.29 is 9.53 Å². The minimum atomic E-state index is -1.59. The van der Waals surface area contributed by atoms with Gasteiger partial charge in [-0.15, -0.1) is 0 Å². The maximum atomic E-state index is 11.7. The van der Waals surface area contributed by atoms with E-state index in [0.29, 0.717) is 11.8 Å². The van der Waals surface area contributed by atoms with Crippen molar-refractivity contribution in [1.29, 1.82) is 0 Å². The molecule has 0 atom stereocenters. The Hall–Kier alpha value is -0.573. The number of esters is 1. The quantitative estimate of drug-likeness (QED) is 0.228. The molecule has 0 aromatic rings. The van der Waals surface area contributed by atoms with Crippen LogP contribution in [0, 0.1) is 0 Å². The lowest BCUT2D eigenvalue weighted by Crippen LogP contribution is -2.30. The predicted molar refractivity (Wildman–Crippen MR) is 86.1 cm³/mol. The molecule has 0 rings (SSSR count). The second-order valence-electron chi connectivity index (χ2n) is 6.34. The van der Waals surface area contributed by atoms with Crippen LogP contribution in [-0.4, -0.2) is 20.7 Å². The SMILES string of the molecule is C=C(C(=O)OCCCCCCCCCC)[Si](C)(C)C. The van der Waals surface area contributed by atoms with Gasteiger partial charge in [-0.2, -0.15) is 0 Å². The molecule has 0 aliphatic carbocycles. The van der Waals surface area contributed by atoms with Gasteiger partial charge in [-0.3, -0.25) is 0 Å². The van der Waals surface area contributed by atoms with Gasteiger partial charge in [-0.05, 0) is 6.42 Å². The number of ether oxygens (including phenoxy) is 1. The normalized spacial score (nSPS) is 11.4. The van der Waals surface area contributed by atoms with Crippen LogP contribution >= 0.6 is 0 Å². The molecular weight excluding hydrogens is 252 g/mol. The van der Waals surface area contributed by atoms with Gasteiger partial charge in [-0.1, -0.05) is 78.1 Å². The maximum absolute atomic E-state index is 11.7. The van der Waals surface area contributed by atoms with E-state index in [4.69, 9.17) is 4.74 Å². The Morgan fingerprint density at radius 2 is 1.42 bits per heavy atom. The number of carbonyl (C=O) groups is 1. The minimum Gasteiger partial charge on any atom is -0.463 e. The summed E-state index contributed by atoms with van der Waals surface area (Å²) in [6.45, 7) is 13.0. The van der Waals surface area contributed by atoms with E-state index in [1.807, 2.05) is 0 Å². The molecule has 0 aromatic heterocycles. The van der Waals surface area contributed by atoms with E-state index >= 15 is 0 Å². The monoisotopic (exact) mass is 284 g/mol. The summed E-state index contributed by atoms with van der Waals surface area (Å²) in [5.74, 6) is -0.179. The summed E-state index contributed by atoms with van der Waals surface area (Å²) in [6, 6.07) is 0. The zero-order valence-electron chi connectivity index (χ0n) is 13.4. The molecule has 0 heterocycles. The van der Waals surface area contributed by atoms with E-state index in [9.17, 15) is 4.79 Å². The van der Waals surface area contributed by atoms with Gasteiger partial charge in [0, 0.05) is 5.20 Å². The fourth-order valence-electron chi connectivity index (χ4n) is 1.79. The van der Waals surface area contributed by atoms with Crippen LogP contribution < -0.4 is 0 Å². The summed E-state index contributed by atoms with van der Waals surface area (Å²) in [5, 5.41) is 0.701. The number of hydrogen-bond acceptors (Lipinski definition) is 2. The molecule has 0 bridgehead atoms. The van der Waals surface area contributed by atoms with Gasteiger partial charge in [0.1, 0.15) is 0 Å². The number of unbranched alkanes of at least 4 members (excludes halogenated alkanes) is 7. The van der Waals surface area contributed by atoms with Gasteiger partial charge in [-0.25, -0.2) is 4.79 Å². The molecule has 2 nitrogen and oxygen atoms in total. The molecule has 0 fully saturated rings. The van der Waals surface area contributed by atoms with E-state index in [0.717, 1.165) is 6.42 Å². The van der Waals surface area contributed by atoms with Crippen LogP contribution in [-0.2, 0) is 9.53 Å². The smallest absolute Gasteiger partial charge is 0.329 e. The molecule has 112 valence electrons. The molecule has 0 N–H and O–H groups in total. The topological polar surface area (TPSA) is 26.3 Å². The Kier molecular flexibility index (Phi) is 9.93. The second kappa shape index (κ2) is 10.2. The minimum absolute atomic E-state index is 0.179. The zero-order valence-corrected chi connectivity index (χ0v) is 14.4. The van der Waals surface area contributed by atoms with Crippen LogP contribution in [0.4, 0.5) is 0 Å². The molecule has 0 aromatic carbocycles. The van der Waals surface area contributed by atoms with Crippen LogP contribution in [0.3, 0.4) is 0 Å². The highest BCUT2D eigenvalue weighted by atomic mass is 28.3. The van der Waals surface area contributed by atoms with Crippen LogP contribution in [0.1, 0.15) is 58.3 Å². The lowest BCUT2D eigenvalue weighted by molar-refractivity contribution is -0.138. The van der Waals surface area contributed by atoms with Gasteiger partial charge in [0.15, 0.2) is 0 Å². The Morgan fingerprint density at radius 3 is 1.89 bits per heavy atom. The van der Waals surface area contributed by atoms with Gasteiger partial charge in [0.2, 0.25) is 0 Å². The first-order valence-corrected chi connectivity index (χ1v) is 11.3. The van der Waals surface area contributed by atoms with Gasteiger partial charge in [0.05, 0.1) is 14.7 Å². The predicted octanol–water partition coefficient (Wildman–Crippen LogP) is 5.10. The lowest BCUT2D eigenvalue weighted by Gasteiger charge is -2.17. The highest BCUT2D eigenvalue weighted by Crippen LogP contribution is 2.14. The number of hydrogen-bond donors (Lipinski definition) is 0. The van der Waals surface area contributed by atoms with Crippen molar-refractivity contribution in [1.82, 2.24) is 0 Å². The highest BCUT2D eigenvalue weighted by molar-refractivity contribution is 6.86. The molecule has 0 saturated heterocycles. The largest absolute Gasteiger partial charge is 0.463 e. The molecule has 0 spiro atoms. The Morgan fingerprint density at radius 1 is 0.947 bits per heavy atom. The van der Waals surface area contributed by atoms with E-state index in [1.165, 1.54) is 44.9 Å². The first-order valence-electron chi connectivity index (χ1n) is 7.76. The average molecular weight is 285 g/mol. The van der Waals surface area contributed by atoms with Gasteiger partial charge in [0.25, 0.3) is 0 Å². The first kappa shape index (κ1) is 18.4. The van der Waals surface area contributed by atoms with Crippen molar-refractivity contribution in [2.45, 2.75) is 77.9 Å². The first-order chi connectivity index (χ1) is 8.89. The van der Waals surface area contributed by atoms with Gasteiger partial charge >= 0.3 is 5.97 Å². The third kappa shape index (κ3) is 9.94. The highest BCUT2D eigenvalue weighted by Gasteiger charge is 2.24. The Balaban J connectivity index is 3.45. The summed E-state index contributed by atoms with van der Waals surface area (Å²) in [4.78, 5) is 11.7. The molecule has 0 aliphatic heterocycles. The Bertz CT molecular complexity index is 266.